The summed E-state index contributed by atoms with van der Waals surface area (Å²) in [7, 11) is 0. The minimum atomic E-state index is -1.41. The second kappa shape index (κ2) is 5.97. The van der Waals surface area contributed by atoms with Gasteiger partial charge in [-0.15, -0.1) is 0 Å². The molecule has 0 unspecified atom stereocenters. The van der Waals surface area contributed by atoms with Gasteiger partial charge in [-0.2, -0.15) is 0 Å². The molecule has 0 rings (SSSR count). The van der Waals surface area contributed by atoms with E-state index in [1.54, 1.807) is 0 Å². The molecule has 0 saturated heterocycles. The van der Waals surface area contributed by atoms with E-state index in [2.05, 4.69) is 0 Å². The molecule has 34 valence electrons. The van der Waals surface area contributed by atoms with Gasteiger partial charge in [-0.25, -0.2) is 9.18 Å². The van der Waals surface area contributed by atoms with Gasteiger partial charge in [-0.05, 0) is 0 Å². The Morgan fingerprint density at radius 1 is 1.83 bits per heavy atom. The average molecular weight is 217 g/mol. The van der Waals surface area contributed by atoms with Crippen LogP contribution in [-0.4, -0.2) is 66.6 Å². The van der Waals surface area contributed by atoms with E-state index < -0.39 is 12.6 Å². The summed E-state index contributed by atoms with van der Waals surface area (Å²) in [4.78, 5) is 8.99. The molecule has 6 heavy (non-hydrogen) atoms. The van der Waals surface area contributed by atoms with Gasteiger partial charge < -0.3 is 5.11 Å². The molecule has 4 heteroatoms. The summed E-state index contributed by atoms with van der Waals surface area (Å²) in [6.45, 7) is -1.28. The molecule has 0 heterocycles. The zero-order valence-corrected chi connectivity index (χ0v) is 2.44. The normalized spacial score (nSPS) is 6.17. The Kier molecular flexibility index (Phi) is 10.0. The fraction of sp³-hybridized carbons (Fsp3) is 0.500. The van der Waals surface area contributed by atoms with Crippen molar-refractivity contribution in [3.8, 4) is 0 Å². The number of halogens is 1. The first-order valence-corrected chi connectivity index (χ1v) is 1.05. The first kappa shape index (κ1) is 10.1. The molecule has 0 aliphatic heterocycles. The number of aliphatic carboxylic acids is 1. The van der Waals surface area contributed by atoms with Crippen LogP contribution in [0.1, 0.15) is 0 Å². The quantitative estimate of drug-likeness (QED) is 0.580. The molecule has 0 spiro atoms. The van der Waals surface area contributed by atoms with Crippen molar-refractivity contribution in [2.45, 2.75) is 0 Å². The van der Waals surface area contributed by atoms with Crippen molar-refractivity contribution in [3.63, 3.8) is 0 Å². The summed E-state index contributed by atoms with van der Waals surface area (Å²) in [6, 6.07) is 0. The Balaban J connectivity index is 0. The van der Waals surface area contributed by atoms with E-state index in [-0.39, 0.29) is 48.9 Å². The van der Waals surface area contributed by atoms with Crippen LogP contribution in [0.5, 0.6) is 0 Å². The number of hydrogen-bond acceptors (Lipinski definition) is 1. The van der Waals surface area contributed by atoms with Crippen LogP contribution in [0.4, 0.5) is 4.39 Å². The Hall–Kier alpha value is 0.971. The Bertz CT molecular complexity index is 46.8. The van der Waals surface area contributed by atoms with Gasteiger partial charge in [0.15, 0.2) is 6.67 Å². The van der Waals surface area contributed by atoms with E-state index in [0.29, 0.717) is 0 Å². The monoisotopic (exact) mass is 218 g/mol. The van der Waals surface area contributed by atoms with Gasteiger partial charge in [-0.3, -0.25) is 0 Å². The predicted molar refractivity (Wildman–Crippen MR) is 22.2 cm³/mol. The molecule has 0 bridgehead atoms. The van der Waals surface area contributed by atoms with Crippen LogP contribution in [0.3, 0.4) is 0 Å². The molecule has 0 saturated carbocycles. The first-order chi connectivity index (χ1) is 2.27. The number of carboxylic acids is 1. The van der Waals surface area contributed by atoms with Crippen LogP contribution in [-0.2, 0) is 4.79 Å². The van der Waals surface area contributed by atoms with Gasteiger partial charge in [0.1, 0.15) is 0 Å². The maximum absolute atomic E-state index is 10.5. The van der Waals surface area contributed by atoms with Crippen LogP contribution in [0.15, 0.2) is 0 Å². The molecule has 0 amide bonds. The molecule has 0 fully saturated rings. The molecule has 0 radical (unpaired) electrons. The van der Waals surface area contributed by atoms with Crippen molar-refractivity contribution in [2.24, 2.45) is 0 Å². The number of carbonyl (C=O) groups is 1. The second-order valence-electron chi connectivity index (χ2n) is 0.527. The molecule has 0 aromatic rings. The molecular weight excluding hydrogens is 212 g/mol. The Morgan fingerprint density at radius 3 is 2.00 bits per heavy atom. The van der Waals surface area contributed by atoms with Crippen molar-refractivity contribution in [1.82, 2.24) is 0 Å². The first-order valence-electron chi connectivity index (χ1n) is 1.05. The summed E-state index contributed by atoms with van der Waals surface area (Å²) >= 11 is 0. The molecule has 0 aromatic carbocycles. The number of alkyl halides is 1. The van der Waals surface area contributed by atoms with Crippen LogP contribution in [0.2, 0.25) is 0 Å². The number of rotatable bonds is 1. The Morgan fingerprint density at radius 2 is 2.00 bits per heavy atom. The molecule has 0 aliphatic carbocycles. The number of carboxylic acid groups (broad SMARTS) is 1. The topological polar surface area (TPSA) is 37.3 Å². The van der Waals surface area contributed by atoms with Crippen LogP contribution in [0, 0.1) is 0 Å². The standard InChI is InChI=1S/C2H3FO2.Ba.2H/c3-1-2(4)5;;;/h1H2,(H,4,5);;;. The van der Waals surface area contributed by atoms with Gasteiger partial charge in [0.25, 0.3) is 0 Å². The van der Waals surface area contributed by atoms with E-state index >= 15 is 0 Å². The number of hydrogen-bond donors (Lipinski definition) is 1. The molecule has 0 atom stereocenters. The van der Waals surface area contributed by atoms with Crippen LogP contribution >= 0.6 is 0 Å². The molecule has 1 N–H and O–H groups in total. The zero-order chi connectivity index (χ0) is 4.28. The van der Waals surface area contributed by atoms with E-state index in [1.165, 1.54) is 0 Å². The van der Waals surface area contributed by atoms with Gasteiger partial charge in [0.2, 0.25) is 0 Å². The SMILES string of the molecule is O=C(O)CF.[BaH2]. The van der Waals surface area contributed by atoms with Crippen molar-refractivity contribution in [2.75, 3.05) is 6.67 Å². The van der Waals surface area contributed by atoms with Crippen molar-refractivity contribution in [3.05, 3.63) is 0 Å². The summed E-state index contributed by atoms with van der Waals surface area (Å²) in [5.41, 5.74) is 0. The zero-order valence-electron chi connectivity index (χ0n) is 2.44. The third-order valence-electron chi connectivity index (χ3n) is 0.114. The van der Waals surface area contributed by atoms with Crippen molar-refractivity contribution in [1.29, 1.82) is 0 Å². The van der Waals surface area contributed by atoms with Crippen LogP contribution < -0.4 is 0 Å². The molecule has 0 aliphatic rings. The van der Waals surface area contributed by atoms with Crippen LogP contribution in [0.25, 0.3) is 0 Å². The predicted octanol–water partition coefficient (Wildman–Crippen LogP) is -0.876. The average Bonchev–Trinajstić information content (AvgIpc) is 1.38. The van der Waals surface area contributed by atoms with Gasteiger partial charge >= 0.3 is 54.9 Å². The maximum atomic E-state index is 10.5. The summed E-state index contributed by atoms with van der Waals surface area (Å²) < 4.78 is 10.5. The van der Waals surface area contributed by atoms with Gasteiger partial charge in [-0.1, -0.05) is 0 Å². The third-order valence-corrected chi connectivity index (χ3v) is 0.114. The summed E-state index contributed by atoms with van der Waals surface area (Å²) in [5.74, 6) is -1.41. The molecular formula is C2H5BaFO2. The van der Waals surface area contributed by atoms with E-state index in [0.717, 1.165) is 0 Å². The molecule has 0 aromatic heterocycles. The van der Waals surface area contributed by atoms with Crippen molar-refractivity contribution < 1.29 is 14.3 Å². The van der Waals surface area contributed by atoms with Crippen molar-refractivity contribution >= 4 is 54.9 Å². The van der Waals surface area contributed by atoms with E-state index in [9.17, 15) is 4.39 Å². The Labute approximate surface area is 74.8 Å². The minimum absolute atomic E-state index is 0. The van der Waals surface area contributed by atoms with E-state index in [4.69, 9.17) is 9.90 Å². The molecule has 2 nitrogen and oxygen atoms in total. The summed E-state index contributed by atoms with van der Waals surface area (Å²) in [5, 5.41) is 7.35. The van der Waals surface area contributed by atoms with Gasteiger partial charge in [0, 0.05) is 0 Å². The van der Waals surface area contributed by atoms with Gasteiger partial charge in [0.05, 0.1) is 0 Å². The summed E-state index contributed by atoms with van der Waals surface area (Å²) in [6.07, 6.45) is 0. The third kappa shape index (κ3) is 8.88. The van der Waals surface area contributed by atoms with E-state index in [1.807, 2.05) is 0 Å². The fourth-order valence-electron chi connectivity index (χ4n) is 0. The fourth-order valence-corrected chi connectivity index (χ4v) is 0. The second-order valence-corrected chi connectivity index (χ2v) is 0.527.